The highest BCUT2D eigenvalue weighted by Gasteiger charge is 2.48. The van der Waals surface area contributed by atoms with Gasteiger partial charge < -0.3 is 4.74 Å². The summed E-state index contributed by atoms with van der Waals surface area (Å²) >= 11 is 0. The topological polar surface area (TPSA) is 9.23 Å². The highest BCUT2D eigenvalue weighted by molar-refractivity contribution is 6.90. The molecular formula is C32H37OSi. The predicted molar refractivity (Wildman–Crippen MR) is 149 cm³/mol. The third kappa shape index (κ3) is 4.09. The SMILES string of the molecule is COc1cccc(C2=C(C)C(C)=C(C)C2(C)[Si](c2cc(C)cc(C)c2)c2cc(C)cc(C)c2)c1. The maximum Gasteiger partial charge on any atom is 0.136 e. The van der Waals surface area contributed by atoms with Crippen LogP contribution >= 0.6 is 0 Å². The van der Waals surface area contributed by atoms with Crippen LogP contribution < -0.4 is 15.1 Å². The summed E-state index contributed by atoms with van der Waals surface area (Å²) in [7, 11) is 0.504. The van der Waals surface area contributed by atoms with Crippen LogP contribution in [0, 0.1) is 27.7 Å². The first kappa shape index (κ1) is 24.3. The maximum atomic E-state index is 5.64. The zero-order chi connectivity index (χ0) is 24.8. The summed E-state index contributed by atoms with van der Waals surface area (Å²) in [6.07, 6.45) is 0. The van der Waals surface area contributed by atoms with Gasteiger partial charge in [-0.1, -0.05) is 93.7 Å². The fraction of sp³-hybridized carbons (Fsp3) is 0.312. The van der Waals surface area contributed by atoms with Gasteiger partial charge in [-0.2, -0.15) is 0 Å². The normalized spacial score (nSPS) is 18.3. The van der Waals surface area contributed by atoms with Crippen molar-refractivity contribution in [3.63, 3.8) is 0 Å². The molecule has 3 aromatic carbocycles. The first-order chi connectivity index (χ1) is 16.1. The summed E-state index contributed by atoms with van der Waals surface area (Å²) in [6, 6.07) is 23.0. The predicted octanol–water partition coefficient (Wildman–Crippen LogP) is 7.12. The first-order valence-electron chi connectivity index (χ1n) is 12.1. The monoisotopic (exact) mass is 465 g/mol. The molecule has 2 heteroatoms. The lowest BCUT2D eigenvalue weighted by atomic mass is 9.90. The Morgan fingerprint density at radius 2 is 1.15 bits per heavy atom. The van der Waals surface area contributed by atoms with Gasteiger partial charge in [-0.3, -0.25) is 0 Å². The van der Waals surface area contributed by atoms with Crippen LogP contribution in [0.3, 0.4) is 0 Å². The average molecular weight is 466 g/mol. The summed E-state index contributed by atoms with van der Waals surface area (Å²) in [5, 5.41) is 2.88. The second-order valence-corrected chi connectivity index (χ2v) is 13.1. The van der Waals surface area contributed by atoms with Crippen molar-refractivity contribution in [1.29, 1.82) is 0 Å². The molecule has 1 aliphatic rings. The van der Waals surface area contributed by atoms with Crippen LogP contribution in [0.2, 0.25) is 5.04 Å². The molecule has 34 heavy (non-hydrogen) atoms. The first-order valence-corrected chi connectivity index (χ1v) is 13.6. The third-order valence-electron chi connectivity index (χ3n) is 7.63. The van der Waals surface area contributed by atoms with Gasteiger partial charge in [0.1, 0.15) is 14.5 Å². The molecule has 0 saturated carbocycles. The van der Waals surface area contributed by atoms with Crippen molar-refractivity contribution in [1.82, 2.24) is 0 Å². The molecule has 0 heterocycles. The third-order valence-corrected chi connectivity index (χ3v) is 11.0. The molecule has 4 rings (SSSR count). The molecular weight excluding hydrogens is 428 g/mol. The lowest BCUT2D eigenvalue weighted by Gasteiger charge is -2.39. The summed E-state index contributed by atoms with van der Waals surface area (Å²) < 4.78 is 5.64. The molecule has 175 valence electrons. The number of allylic oxidation sites excluding steroid dienone is 4. The number of benzene rings is 3. The van der Waals surface area contributed by atoms with E-state index in [4.69, 9.17) is 4.74 Å². The maximum absolute atomic E-state index is 5.64. The van der Waals surface area contributed by atoms with Gasteiger partial charge in [0.2, 0.25) is 0 Å². The van der Waals surface area contributed by atoms with E-state index in [1.165, 1.54) is 60.5 Å². The number of hydrogen-bond acceptors (Lipinski definition) is 1. The van der Waals surface area contributed by atoms with E-state index in [1.54, 1.807) is 7.11 Å². The van der Waals surface area contributed by atoms with Gasteiger partial charge in [0.05, 0.1) is 7.11 Å². The van der Waals surface area contributed by atoms with Crippen molar-refractivity contribution in [3.8, 4) is 5.75 Å². The molecule has 0 fully saturated rings. The van der Waals surface area contributed by atoms with Crippen LogP contribution in [0.15, 0.2) is 77.4 Å². The van der Waals surface area contributed by atoms with Gasteiger partial charge in [0.25, 0.3) is 0 Å². The van der Waals surface area contributed by atoms with E-state index in [9.17, 15) is 0 Å². The van der Waals surface area contributed by atoms with Gasteiger partial charge >= 0.3 is 0 Å². The fourth-order valence-corrected chi connectivity index (χ4v) is 10.1. The van der Waals surface area contributed by atoms with E-state index in [1.807, 2.05) is 6.07 Å². The standard InChI is InChI=1S/C32H37OSi/c1-20-13-21(2)16-29(15-20)34(30-17-22(3)14-23(4)18-30)32(8)26(7)24(5)25(6)31(32)27-11-10-12-28(19-27)33-9/h10-19H,1-9H3. The Hall–Kier alpha value is -2.84. The quantitative estimate of drug-likeness (QED) is 0.364. The molecule has 1 nitrogen and oxygen atoms in total. The van der Waals surface area contributed by atoms with E-state index >= 15 is 0 Å². The second-order valence-electron chi connectivity index (χ2n) is 10.2. The lowest BCUT2D eigenvalue weighted by Crippen LogP contribution is -2.52. The molecule has 3 aromatic rings. The minimum atomic E-state index is -1.25. The Morgan fingerprint density at radius 3 is 1.62 bits per heavy atom. The summed E-state index contributed by atoms with van der Waals surface area (Å²) in [5.74, 6) is 0.911. The molecule has 0 bridgehead atoms. The van der Waals surface area contributed by atoms with Crippen molar-refractivity contribution in [2.24, 2.45) is 0 Å². The molecule has 1 radical (unpaired) electrons. The van der Waals surface area contributed by atoms with Crippen molar-refractivity contribution < 1.29 is 4.74 Å². The number of methoxy groups -OCH3 is 1. The number of hydrogen-bond donors (Lipinski definition) is 0. The van der Waals surface area contributed by atoms with Crippen LogP contribution in [0.5, 0.6) is 5.75 Å². The van der Waals surface area contributed by atoms with Crippen LogP contribution in [0.4, 0.5) is 0 Å². The smallest absolute Gasteiger partial charge is 0.136 e. The molecule has 1 unspecified atom stereocenters. The van der Waals surface area contributed by atoms with Crippen molar-refractivity contribution in [3.05, 3.63) is 105 Å². The van der Waals surface area contributed by atoms with Gasteiger partial charge in [-0.25, -0.2) is 0 Å². The Balaban J connectivity index is 2.07. The fourth-order valence-electron chi connectivity index (χ4n) is 5.98. The van der Waals surface area contributed by atoms with Gasteiger partial charge in [-0.15, -0.1) is 0 Å². The second kappa shape index (κ2) is 9.07. The van der Waals surface area contributed by atoms with E-state index in [0.29, 0.717) is 0 Å². The Kier molecular flexibility index (Phi) is 6.48. The summed E-state index contributed by atoms with van der Waals surface area (Å²) in [4.78, 5) is 0. The van der Waals surface area contributed by atoms with Gasteiger partial charge in [-0.05, 0) is 82.9 Å². The minimum absolute atomic E-state index is 0.0916. The molecule has 0 saturated heterocycles. The van der Waals surface area contributed by atoms with Crippen LogP contribution in [-0.4, -0.2) is 15.9 Å². The summed E-state index contributed by atoms with van der Waals surface area (Å²) in [5.41, 5.74) is 12.4. The zero-order valence-corrected chi connectivity index (χ0v) is 23.2. The molecule has 1 aliphatic carbocycles. The van der Waals surface area contributed by atoms with E-state index in [-0.39, 0.29) is 5.04 Å². The number of aryl methyl sites for hydroxylation is 4. The average Bonchev–Trinajstić information content (AvgIpc) is 2.93. The van der Waals surface area contributed by atoms with Gasteiger partial charge in [0, 0.05) is 5.04 Å². The molecule has 0 N–H and O–H groups in total. The van der Waals surface area contributed by atoms with E-state index in [0.717, 1.165) is 5.75 Å². The molecule has 0 spiro atoms. The number of rotatable bonds is 5. The Labute approximate surface area is 207 Å². The zero-order valence-electron chi connectivity index (χ0n) is 22.2. The van der Waals surface area contributed by atoms with Crippen LogP contribution in [0.25, 0.3) is 5.57 Å². The van der Waals surface area contributed by atoms with Gasteiger partial charge in [0.15, 0.2) is 0 Å². The van der Waals surface area contributed by atoms with Crippen molar-refractivity contribution >= 4 is 24.7 Å². The Bertz CT molecular complexity index is 1230. The largest absolute Gasteiger partial charge is 0.497 e. The van der Waals surface area contributed by atoms with Crippen molar-refractivity contribution in [2.45, 2.75) is 60.4 Å². The molecule has 0 amide bonds. The molecule has 0 aliphatic heterocycles. The highest BCUT2D eigenvalue weighted by atomic mass is 28.3. The van der Waals surface area contributed by atoms with E-state index in [2.05, 4.69) is 110 Å². The summed E-state index contributed by atoms with van der Waals surface area (Å²) in [6.45, 7) is 18.4. The van der Waals surface area contributed by atoms with Crippen LogP contribution in [0.1, 0.15) is 55.5 Å². The van der Waals surface area contributed by atoms with Crippen LogP contribution in [-0.2, 0) is 0 Å². The van der Waals surface area contributed by atoms with Crippen molar-refractivity contribution in [2.75, 3.05) is 7.11 Å². The number of ether oxygens (including phenoxy) is 1. The van der Waals surface area contributed by atoms with E-state index < -0.39 is 8.80 Å². The minimum Gasteiger partial charge on any atom is -0.497 e. The molecule has 0 aromatic heterocycles. The molecule has 1 atom stereocenters. The lowest BCUT2D eigenvalue weighted by molar-refractivity contribution is 0.414. The Morgan fingerprint density at radius 1 is 0.647 bits per heavy atom. The highest BCUT2D eigenvalue weighted by Crippen LogP contribution is 2.58.